The van der Waals surface area contributed by atoms with Crippen molar-refractivity contribution in [2.75, 3.05) is 6.54 Å². The normalized spacial score (nSPS) is 17.3. The molecule has 5 nitrogen and oxygen atoms in total. The number of aromatic nitrogens is 1. The quantitative estimate of drug-likeness (QED) is 0.829. The summed E-state index contributed by atoms with van der Waals surface area (Å²) in [6.45, 7) is 4.83. The molecule has 0 atom stereocenters. The third-order valence-electron chi connectivity index (χ3n) is 4.03. The van der Waals surface area contributed by atoms with Gasteiger partial charge in [-0.15, -0.1) is 0 Å². The average molecular weight is 251 g/mol. The first kappa shape index (κ1) is 13.1. The molecular formula is C13H21N3O2. The van der Waals surface area contributed by atoms with Crippen molar-refractivity contribution in [1.82, 2.24) is 10.5 Å². The smallest absolute Gasteiger partial charge is 0.220 e. The molecule has 1 amide bonds. The minimum atomic E-state index is 0.0584. The molecule has 0 unspecified atom stereocenters. The molecule has 0 aliphatic heterocycles. The SMILES string of the molecule is Cc1noc(C)c1CNC(=O)CC1(CN)CCC1. The number of amides is 1. The van der Waals surface area contributed by atoms with Gasteiger partial charge in [0.2, 0.25) is 5.91 Å². The van der Waals surface area contributed by atoms with E-state index in [0.717, 1.165) is 29.9 Å². The van der Waals surface area contributed by atoms with Crippen LogP contribution in [-0.2, 0) is 11.3 Å². The Kier molecular flexibility index (Phi) is 3.71. The number of nitrogens with zero attached hydrogens (tertiary/aromatic N) is 1. The summed E-state index contributed by atoms with van der Waals surface area (Å²) in [6, 6.07) is 0. The van der Waals surface area contributed by atoms with E-state index in [1.54, 1.807) is 0 Å². The second-order valence-corrected chi connectivity index (χ2v) is 5.31. The van der Waals surface area contributed by atoms with E-state index in [2.05, 4.69) is 10.5 Å². The summed E-state index contributed by atoms with van der Waals surface area (Å²) in [5.74, 6) is 0.838. The van der Waals surface area contributed by atoms with Gasteiger partial charge in [-0.1, -0.05) is 11.6 Å². The first-order chi connectivity index (χ1) is 8.56. The summed E-state index contributed by atoms with van der Waals surface area (Å²) in [5, 5.41) is 6.80. The van der Waals surface area contributed by atoms with Gasteiger partial charge in [0, 0.05) is 18.5 Å². The maximum Gasteiger partial charge on any atom is 0.220 e. The zero-order chi connectivity index (χ0) is 13.2. The average Bonchev–Trinajstić information content (AvgIpc) is 2.61. The topological polar surface area (TPSA) is 81.2 Å². The number of rotatable bonds is 5. The van der Waals surface area contributed by atoms with Crippen LogP contribution >= 0.6 is 0 Å². The zero-order valence-electron chi connectivity index (χ0n) is 11.1. The first-order valence-electron chi connectivity index (χ1n) is 6.45. The zero-order valence-corrected chi connectivity index (χ0v) is 11.1. The van der Waals surface area contributed by atoms with Crippen LogP contribution in [0.5, 0.6) is 0 Å². The maximum absolute atomic E-state index is 11.9. The van der Waals surface area contributed by atoms with Gasteiger partial charge in [-0.3, -0.25) is 4.79 Å². The Bertz CT molecular complexity index is 410. The van der Waals surface area contributed by atoms with Crippen molar-refractivity contribution in [3.63, 3.8) is 0 Å². The molecule has 1 saturated carbocycles. The van der Waals surface area contributed by atoms with E-state index in [1.807, 2.05) is 13.8 Å². The fraction of sp³-hybridized carbons (Fsp3) is 0.692. The molecule has 0 spiro atoms. The molecular weight excluding hydrogens is 230 g/mol. The number of aryl methyl sites for hydroxylation is 2. The molecule has 2 rings (SSSR count). The monoisotopic (exact) mass is 251 g/mol. The predicted octanol–water partition coefficient (Wildman–Crippen LogP) is 1.43. The Morgan fingerprint density at radius 2 is 2.22 bits per heavy atom. The number of hydrogen-bond donors (Lipinski definition) is 2. The van der Waals surface area contributed by atoms with Crippen LogP contribution in [0.1, 0.15) is 42.7 Å². The minimum Gasteiger partial charge on any atom is -0.361 e. The molecule has 0 radical (unpaired) electrons. The van der Waals surface area contributed by atoms with Crippen LogP contribution in [0.4, 0.5) is 0 Å². The minimum absolute atomic E-state index is 0.0584. The first-order valence-corrected chi connectivity index (χ1v) is 6.45. The van der Waals surface area contributed by atoms with Crippen molar-refractivity contribution in [3.8, 4) is 0 Å². The summed E-state index contributed by atoms with van der Waals surface area (Å²) >= 11 is 0. The molecule has 1 aliphatic carbocycles. The lowest BCUT2D eigenvalue weighted by Gasteiger charge is -2.40. The van der Waals surface area contributed by atoms with Gasteiger partial charge in [-0.25, -0.2) is 0 Å². The Morgan fingerprint density at radius 1 is 1.50 bits per heavy atom. The van der Waals surface area contributed by atoms with Gasteiger partial charge in [0.25, 0.3) is 0 Å². The largest absolute Gasteiger partial charge is 0.361 e. The summed E-state index contributed by atoms with van der Waals surface area (Å²) in [4.78, 5) is 11.9. The number of hydrogen-bond acceptors (Lipinski definition) is 4. The summed E-state index contributed by atoms with van der Waals surface area (Å²) in [6.07, 6.45) is 3.87. The van der Waals surface area contributed by atoms with Gasteiger partial charge in [-0.2, -0.15) is 0 Å². The maximum atomic E-state index is 11.9. The van der Waals surface area contributed by atoms with Gasteiger partial charge >= 0.3 is 0 Å². The van der Waals surface area contributed by atoms with Crippen LogP contribution in [-0.4, -0.2) is 17.6 Å². The Balaban J connectivity index is 1.85. The molecule has 0 aromatic carbocycles. The van der Waals surface area contributed by atoms with E-state index in [0.29, 0.717) is 19.5 Å². The number of nitrogens with one attached hydrogen (secondary N) is 1. The van der Waals surface area contributed by atoms with E-state index in [4.69, 9.17) is 10.3 Å². The molecule has 1 aliphatic rings. The molecule has 1 fully saturated rings. The van der Waals surface area contributed by atoms with E-state index in [1.165, 1.54) is 6.42 Å². The number of nitrogens with two attached hydrogens (primary N) is 1. The molecule has 1 aromatic rings. The van der Waals surface area contributed by atoms with Gasteiger partial charge < -0.3 is 15.6 Å². The van der Waals surface area contributed by atoms with E-state index < -0.39 is 0 Å². The van der Waals surface area contributed by atoms with Crippen molar-refractivity contribution in [2.24, 2.45) is 11.1 Å². The van der Waals surface area contributed by atoms with E-state index in [-0.39, 0.29) is 11.3 Å². The van der Waals surface area contributed by atoms with Crippen LogP contribution in [0.25, 0.3) is 0 Å². The number of carbonyl (C=O) groups excluding carboxylic acids is 1. The second-order valence-electron chi connectivity index (χ2n) is 5.31. The number of carbonyl (C=O) groups is 1. The van der Waals surface area contributed by atoms with E-state index in [9.17, 15) is 4.79 Å². The highest BCUT2D eigenvalue weighted by atomic mass is 16.5. The molecule has 0 bridgehead atoms. The van der Waals surface area contributed by atoms with E-state index >= 15 is 0 Å². The fourth-order valence-corrected chi connectivity index (χ4v) is 2.47. The van der Waals surface area contributed by atoms with Crippen molar-refractivity contribution in [1.29, 1.82) is 0 Å². The van der Waals surface area contributed by atoms with Crippen molar-refractivity contribution in [3.05, 3.63) is 17.0 Å². The highest BCUT2D eigenvalue weighted by molar-refractivity contribution is 5.76. The van der Waals surface area contributed by atoms with Gasteiger partial charge in [0.1, 0.15) is 5.76 Å². The lowest BCUT2D eigenvalue weighted by Crippen LogP contribution is -2.41. The third kappa shape index (κ3) is 2.56. The predicted molar refractivity (Wildman–Crippen MR) is 67.8 cm³/mol. The van der Waals surface area contributed by atoms with Crippen LogP contribution in [0, 0.1) is 19.3 Å². The Morgan fingerprint density at radius 3 is 2.67 bits per heavy atom. The molecule has 100 valence electrons. The van der Waals surface area contributed by atoms with Crippen LogP contribution < -0.4 is 11.1 Å². The lowest BCUT2D eigenvalue weighted by atomic mass is 9.66. The van der Waals surface area contributed by atoms with Crippen molar-refractivity contribution in [2.45, 2.75) is 46.1 Å². The van der Waals surface area contributed by atoms with Crippen molar-refractivity contribution >= 4 is 5.91 Å². The molecule has 1 aromatic heterocycles. The van der Waals surface area contributed by atoms with Gasteiger partial charge in [0.05, 0.1) is 5.69 Å². The fourth-order valence-electron chi connectivity index (χ4n) is 2.47. The Labute approximate surface area is 107 Å². The van der Waals surface area contributed by atoms with Crippen LogP contribution in [0.3, 0.4) is 0 Å². The summed E-state index contributed by atoms with van der Waals surface area (Å²) in [7, 11) is 0. The Hall–Kier alpha value is -1.36. The van der Waals surface area contributed by atoms with Crippen molar-refractivity contribution < 1.29 is 9.32 Å². The van der Waals surface area contributed by atoms with Gasteiger partial charge in [0.15, 0.2) is 0 Å². The van der Waals surface area contributed by atoms with Gasteiger partial charge in [-0.05, 0) is 38.6 Å². The summed E-state index contributed by atoms with van der Waals surface area (Å²) in [5.41, 5.74) is 7.62. The molecule has 3 N–H and O–H groups in total. The second kappa shape index (κ2) is 5.10. The lowest BCUT2D eigenvalue weighted by molar-refractivity contribution is -0.124. The molecule has 0 saturated heterocycles. The molecule has 5 heteroatoms. The standard InChI is InChI=1S/C13H21N3O2/c1-9-11(10(2)18-16-9)7-15-12(17)6-13(8-14)4-3-5-13/h3-8,14H2,1-2H3,(H,15,17). The van der Waals surface area contributed by atoms with Crippen LogP contribution in [0.15, 0.2) is 4.52 Å². The summed E-state index contributed by atoms with van der Waals surface area (Å²) < 4.78 is 5.06. The highest BCUT2D eigenvalue weighted by Gasteiger charge is 2.37. The highest BCUT2D eigenvalue weighted by Crippen LogP contribution is 2.42. The van der Waals surface area contributed by atoms with Crippen LogP contribution in [0.2, 0.25) is 0 Å². The third-order valence-corrected chi connectivity index (χ3v) is 4.03. The molecule has 1 heterocycles. The molecule has 18 heavy (non-hydrogen) atoms.